The molecule has 1 aromatic carbocycles. The van der Waals surface area contributed by atoms with Gasteiger partial charge in [-0.3, -0.25) is 0 Å². The van der Waals surface area contributed by atoms with Crippen LogP contribution in [0.1, 0.15) is 5.56 Å². The van der Waals surface area contributed by atoms with E-state index < -0.39 is 30.3 Å². The summed E-state index contributed by atoms with van der Waals surface area (Å²) in [6.07, 6.45) is -1.37. The number of rotatable bonds is 8. The summed E-state index contributed by atoms with van der Waals surface area (Å²) in [5, 5.41) is 4.77. The Kier molecular flexibility index (Phi) is 6.67. The zero-order chi connectivity index (χ0) is 19.3. The van der Waals surface area contributed by atoms with Crippen LogP contribution in [0.2, 0.25) is 5.28 Å². The predicted octanol–water partition coefficient (Wildman–Crippen LogP) is 3.71. The van der Waals surface area contributed by atoms with Gasteiger partial charge in [0.25, 0.3) is 6.43 Å². The molecule has 0 bridgehead atoms. The van der Waals surface area contributed by atoms with E-state index in [1.54, 1.807) is 0 Å². The number of ether oxygens (including phenoxy) is 2. The van der Waals surface area contributed by atoms with Crippen molar-refractivity contribution in [3.8, 4) is 11.5 Å². The molecule has 2 N–H and O–H groups in total. The first-order valence-electron chi connectivity index (χ1n) is 7.24. The third-order valence-corrected chi connectivity index (χ3v) is 3.47. The van der Waals surface area contributed by atoms with Crippen molar-refractivity contribution >= 4 is 23.1 Å². The number of hydrogen-bond donors (Lipinski definition) is 2. The number of methoxy groups -OCH3 is 2. The number of alkyl halides is 2. The van der Waals surface area contributed by atoms with E-state index in [2.05, 4.69) is 20.6 Å². The highest BCUT2D eigenvalue weighted by molar-refractivity contribution is 6.28. The normalized spacial score (nSPS) is 10.8. The molecule has 0 amide bonds. The van der Waals surface area contributed by atoms with Gasteiger partial charge in [-0.25, -0.2) is 27.5 Å². The van der Waals surface area contributed by atoms with E-state index in [1.165, 1.54) is 20.4 Å². The second kappa shape index (κ2) is 8.75. The molecule has 6 nitrogen and oxygen atoms in total. The highest BCUT2D eigenvalue weighted by Gasteiger charge is 2.20. The minimum Gasteiger partial charge on any atom is -0.493 e. The molecule has 0 aliphatic carbocycles. The van der Waals surface area contributed by atoms with E-state index >= 15 is 0 Å². The Morgan fingerprint density at radius 2 is 1.73 bits per heavy atom. The molecule has 0 saturated carbocycles. The number of nitrogens with zero attached hydrogens (tertiary/aromatic N) is 2. The van der Waals surface area contributed by atoms with Gasteiger partial charge in [0.2, 0.25) is 5.28 Å². The SMILES string of the molecule is COc1cc(OC)c(F)c(NCc2cnc(Cl)nc2NCC(F)F)c1F. The summed E-state index contributed by atoms with van der Waals surface area (Å²) in [4.78, 5) is 7.54. The topological polar surface area (TPSA) is 68.3 Å². The van der Waals surface area contributed by atoms with E-state index in [4.69, 9.17) is 21.1 Å². The molecule has 142 valence electrons. The minimum absolute atomic E-state index is 0.0217. The van der Waals surface area contributed by atoms with Crippen LogP contribution in [-0.4, -0.2) is 37.2 Å². The monoisotopic (exact) mass is 394 g/mol. The molecule has 0 saturated heterocycles. The predicted molar refractivity (Wildman–Crippen MR) is 88.3 cm³/mol. The Morgan fingerprint density at radius 3 is 2.27 bits per heavy atom. The van der Waals surface area contributed by atoms with Gasteiger partial charge in [0.05, 0.1) is 20.8 Å². The van der Waals surface area contributed by atoms with Gasteiger partial charge in [-0.1, -0.05) is 0 Å². The fourth-order valence-corrected chi connectivity index (χ4v) is 2.20. The summed E-state index contributed by atoms with van der Waals surface area (Å²) in [6, 6.07) is 1.07. The Labute approximate surface area is 151 Å². The minimum atomic E-state index is -2.62. The molecule has 0 atom stereocenters. The van der Waals surface area contributed by atoms with E-state index in [0.29, 0.717) is 0 Å². The summed E-state index contributed by atoms with van der Waals surface area (Å²) in [6.45, 7) is -0.844. The van der Waals surface area contributed by atoms with Gasteiger partial charge in [-0.05, 0) is 11.6 Å². The quantitative estimate of drug-likeness (QED) is 0.525. The lowest BCUT2D eigenvalue weighted by Crippen LogP contribution is -2.15. The van der Waals surface area contributed by atoms with Gasteiger partial charge in [0, 0.05) is 24.4 Å². The van der Waals surface area contributed by atoms with Gasteiger partial charge in [-0.2, -0.15) is 0 Å². The highest BCUT2D eigenvalue weighted by Crippen LogP contribution is 2.35. The van der Waals surface area contributed by atoms with Gasteiger partial charge in [0.15, 0.2) is 23.1 Å². The van der Waals surface area contributed by atoms with E-state index in [9.17, 15) is 17.6 Å². The van der Waals surface area contributed by atoms with Crippen molar-refractivity contribution in [2.45, 2.75) is 13.0 Å². The van der Waals surface area contributed by atoms with Crippen molar-refractivity contribution in [1.29, 1.82) is 0 Å². The van der Waals surface area contributed by atoms with Crippen molar-refractivity contribution in [2.75, 3.05) is 31.4 Å². The molecule has 0 aliphatic rings. The maximum atomic E-state index is 14.3. The van der Waals surface area contributed by atoms with Gasteiger partial charge >= 0.3 is 0 Å². The molecule has 0 aliphatic heterocycles. The van der Waals surface area contributed by atoms with Crippen molar-refractivity contribution < 1.29 is 27.0 Å². The lowest BCUT2D eigenvalue weighted by atomic mass is 10.2. The zero-order valence-corrected chi connectivity index (χ0v) is 14.5. The van der Waals surface area contributed by atoms with E-state index in [-0.39, 0.29) is 34.7 Å². The molecule has 11 heteroatoms. The summed E-state index contributed by atoms with van der Waals surface area (Å²) in [5.74, 6) is -2.37. The maximum Gasteiger partial charge on any atom is 0.255 e. The maximum absolute atomic E-state index is 14.3. The second-order valence-electron chi connectivity index (χ2n) is 4.92. The van der Waals surface area contributed by atoms with Crippen molar-refractivity contribution in [3.05, 3.63) is 34.7 Å². The van der Waals surface area contributed by atoms with Gasteiger partial charge < -0.3 is 20.1 Å². The van der Waals surface area contributed by atoms with Gasteiger partial charge in [-0.15, -0.1) is 0 Å². The summed E-state index contributed by atoms with van der Waals surface area (Å²) in [7, 11) is 2.44. The fourth-order valence-electron chi connectivity index (χ4n) is 2.07. The first-order chi connectivity index (χ1) is 12.4. The fraction of sp³-hybridized carbons (Fsp3) is 0.333. The molecule has 26 heavy (non-hydrogen) atoms. The largest absolute Gasteiger partial charge is 0.493 e. The van der Waals surface area contributed by atoms with Crippen LogP contribution in [0.4, 0.5) is 29.1 Å². The van der Waals surface area contributed by atoms with Crippen molar-refractivity contribution in [2.24, 2.45) is 0 Å². The Morgan fingerprint density at radius 1 is 1.12 bits per heavy atom. The Bertz CT molecular complexity index is 752. The average molecular weight is 395 g/mol. The van der Waals surface area contributed by atoms with Crippen LogP contribution in [0, 0.1) is 11.6 Å². The number of aromatic nitrogens is 2. The third kappa shape index (κ3) is 4.57. The molecule has 1 aromatic heterocycles. The number of hydrogen-bond acceptors (Lipinski definition) is 6. The molecule has 2 rings (SSSR count). The highest BCUT2D eigenvalue weighted by atomic mass is 35.5. The smallest absolute Gasteiger partial charge is 0.255 e. The van der Waals surface area contributed by atoms with Crippen LogP contribution in [-0.2, 0) is 6.54 Å². The summed E-state index contributed by atoms with van der Waals surface area (Å²) >= 11 is 5.66. The number of benzene rings is 1. The molecule has 2 aromatic rings. The molecule has 0 radical (unpaired) electrons. The van der Waals surface area contributed by atoms with E-state index in [1.807, 2.05) is 0 Å². The number of nitrogens with one attached hydrogen (secondary N) is 2. The van der Waals surface area contributed by atoms with Crippen molar-refractivity contribution in [1.82, 2.24) is 9.97 Å². The van der Waals surface area contributed by atoms with Crippen LogP contribution in [0.25, 0.3) is 0 Å². The summed E-state index contributed by atoms with van der Waals surface area (Å²) in [5.41, 5.74) is -0.230. The zero-order valence-electron chi connectivity index (χ0n) is 13.7. The number of anilines is 2. The Balaban J connectivity index is 2.29. The van der Waals surface area contributed by atoms with Crippen LogP contribution in [0.3, 0.4) is 0 Å². The van der Waals surface area contributed by atoms with Gasteiger partial charge in [0.1, 0.15) is 11.5 Å². The van der Waals surface area contributed by atoms with Crippen molar-refractivity contribution in [3.63, 3.8) is 0 Å². The lowest BCUT2D eigenvalue weighted by molar-refractivity contribution is 0.163. The third-order valence-electron chi connectivity index (χ3n) is 3.29. The summed E-state index contributed by atoms with van der Waals surface area (Å²) < 4.78 is 63.1. The standard InChI is InChI=1S/C15H15ClF4N4O2/c1-25-8-3-9(26-2)12(20)13(11(8)19)21-4-7-5-23-15(16)24-14(7)22-6-10(17)18/h3,5,10,21H,4,6H2,1-2H3,(H,22,23,24). The van der Waals surface area contributed by atoms with Crippen LogP contribution < -0.4 is 20.1 Å². The molecule has 0 unspecified atom stereocenters. The molecular weight excluding hydrogens is 380 g/mol. The average Bonchev–Trinajstić information content (AvgIpc) is 2.61. The second-order valence-corrected chi connectivity index (χ2v) is 5.26. The first kappa shape index (κ1) is 19.8. The molecule has 1 heterocycles. The van der Waals surface area contributed by atoms with Crippen LogP contribution >= 0.6 is 11.6 Å². The molecular formula is C15H15ClF4N4O2. The van der Waals surface area contributed by atoms with Crippen LogP contribution in [0.15, 0.2) is 12.3 Å². The van der Waals surface area contributed by atoms with Crippen LogP contribution in [0.5, 0.6) is 11.5 Å². The number of halogens is 5. The molecule has 0 fully saturated rings. The lowest BCUT2D eigenvalue weighted by Gasteiger charge is -2.15. The van der Waals surface area contributed by atoms with E-state index in [0.717, 1.165) is 6.07 Å². The molecule has 0 spiro atoms. The first-order valence-corrected chi connectivity index (χ1v) is 7.62. The Hall–Kier alpha value is -2.49.